The topological polar surface area (TPSA) is 150 Å². The SMILES string of the molecule is CCCc1cc(=O)[nH]c(SCC(=O)Nc2ccc(Cc3ccc(NC(=O)CSc4nc(CCC)cc(=O)[nH]4)c(C)c3)cc2C)n1. The number of carbonyl (C=O) groups is 2. The van der Waals surface area contributed by atoms with E-state index in [2.05, 4.69) is 30.6 Å². The van der Waals surface area contributed by atoms with Crippen LogP contribution in [0.5, 0.6) is 0 Å². The molecular formula is C33H38N6O4S2. The van der Waals surface area contributed by atoms with Gasteiger partial charge in [-0.3, -0.25) is 19.2 Å². The molecule has 0 aliphatic rings. The summed E-state index contributed by atoms with van der Waals surface area (Å²) in [6, 6.07) is 14.8. The molecule has 4 aromatic rings. The van der Waals surface area contributed by atoms with Gasteiger partial charge in [0.25, 0.3) is 11.1 Å². The first-order valence-electron chi connectivity index (χ1n) is 14.9. The number of rotatable bonds is 14. The third kappa shape index (κ3) is 10.5. The molecule has 0 bridgehead atoms. The van der Waals surface area contributed by atoms with Crippen LogP contribution in [0.1, 0.15) is 60.3 Å². The Kier molecular flexibility index (Phi) is 12.2. The maximum Gasteiger partial charge on any atom is 0.251 e. The van der Waals surface area contributed by atoms with Crippen LogP contribution in [-0.4, -0.2) is 43.3 Å². The van der Waals surface area contributed by atoms with Gasteiger partial charge in [0.05, 0.1) is 11.5 Å². The van der Waals surface area contributed by atoms with Gasteiger partial charge in [0.15, 0.2) is 10.3 Å². The zero-order valence-electron chi connectivity index (χ0n) is 25.9. The third-order valence-electron chi connectivity index (χ3n) is 6.78. The number of aryl methyl sites for hydroxylation is 4. The average Bonchev–Trinajstić information content (AvgIpc) is 2.98. The van der Waals surface area contributed by atoms with Gasteiger partial charge in [-0.2, -0.15) is 0 Å². The Balaban J connectivity index is 1.29. The molecule has 0 aliphatic heterocycles. The van der Waals surface area contributed by atoms with Crippen molar-refractivity contribution in [1.82, 2.24) is 19.9 Å². The molecule has 12 heteroatoms. The normalized spacial score (nSPS) is 10.9. The standard InChI is InChI=1S/C33H38N6O4S2/c1-5-7-24-16-28(40)38-32(34-24)44-18-30(42)36-26-11-9-22(13-20(26)3)15-23-10-12-27(21(4)14-23)37-31(43)19-45-33-35-25(8-6-2)17-29(41)39-33/h9-14,16-17H,5-8,15,18-19H2,1-4H3,(H,36,42)(H,37,43)(H,34,38,40)(H,35,39,41). The van der Waals surface area contributed by atoms with Crippen molar-refractivity contribution < 1.29 is 9.59 Å². The van der Waals surface area contributed by atoms with Crippen LogP contribution in [-0.2, 0) is 28.9 Å². The number of aromatic amines is 2. The number of anilines is 2. The lowest BCUT2D eigenvalue weighted by molar-refractivity contribution is -0.114. The average molecular weight is 647 g/mol. The highest BCUT2D eigenvalue weighted by molar-refractivity contribution is 8.00. The second kappa shape index (κ2) is 16.2. The molecule has 236 valence electrons. The third-order valence-corrected chi connectivity index (χ3v) is 8.52. The zero-order valence-corrected chi connectivity index (χ0v) is 27.5. The second-order valence-corrected chi connectivity index (χ2v) is 12.7. The summed E-state index contributed by atoms with van der Waals surface area (Å²) >= 11 is 2.40. The number of aromatic nitrogens is 4. The predicted molar refractivity (Wildman–Crippen MR) is 182 cm³/mol. The predicted octanol–water partition coefficient (Wildman–Crippen LogP) is 5.43. The van der Waals surface area contributed by atoms with Crippen molar-refractivity contribution in [2.24, 2.45) is 0 Å². The minimum atomic E-state index is -0.214. The van der Waals surface area contributed by atoms with E-state index < -0.39 is 0 Å². The number of thioether (sulfide) groups is 2. The molecule has 45 heavy (non-hydrogen) atoms. The summed E-state index contributed by atoms with van der Waals surface area (Å²) < 4.78 is 0. The van der Waals surface area contributed by atoms with Gasteiger partial charge >= 0.3 is 0 Å². The number of hydrogen-bond acceptors (Lipinski definition) is 8. The Morgan fingerprint density at radius 3 is 1.49 bits per heavy atom. The van der Waals surface area contributed by atoms with E-state index in [4.69, 9.17) is 0 Å². The molecule has 10 nitrogen and oxygen atoms in total. The van der Waals surface area contributed by atoms with Crippen molar-refractivity contribution in [3.05, 3.63) is 103 Å². The maximum atomic E-state index is 12.6. The molecule has 0 aliphatic carbocycles. The molecule has 0 unspecified atom stereocenters. The molecule has 0 atom stereocenters. The van der Waals surface area contributed by atoms with E-state index in [1.807, 2.05) is 64.1 Å². The summed E-state index contributed by atoms with van der Waals surface area (Å²) in [4.78, 5) is 63.2. The first-order chi connectivity index (χ1) is 21.6. The quantitative estimate of drug-likeness (QED) is 0.105. The first-order valence-corrected chi connectivity index (χ1v) is 16.8. The molecule has 0 saturated heterocycles. The molecule has 2 amide bonds. The maximum absolute atomic E-state index is 12.6. The van der Waals surface area contributed by atoms with E-state index in [1.54, 1.807) is 0 Å². The van der Waals surface area contributed by atoms with E-state index in [0.29, 0.717) is 29.6 Å². The fourth-order valence-corrected chi connectivity index (χ4v) is 6.09. The lowest BCUT2D eigenvalue weighted by atomic mass is 10.00. The first kappa shape index (κ1) is 33.7. The lowest BCUT2D eigenvalue weighted by Crippen LogP contribution is -2.16. The van der Waals surface area contributed by atoms with Gasteiger partial charge in [-0.05, 0) is 67.5 Å². The molecule has 4 rings (SSSR count). The lowest BCUT2D eigenvalue weighted by Gasteiger charge is -2.12. The van der Waals surface area contributed by atoms with Gasteiger partial charge in [0.1, 0.15) is 0 Å². The van der Waals surface area contributed by atoms with Crippen molar-refractivity contribution in [2.45, 2.75) is 70.1 Å². The van der Waals surface area contributed by atoms with Crippen LogP contribution in [0.2, 0.25) is 0 Å². The fourth-order valence-electron chi connectivity index (χ4n) is 4.70. The Morgan fingerprint density at radius 1 is 0.689 bits per heavy atom. The van der Waals surface area contributed by atoms with Gasteiger partial charge in [0.2, 0.25) is 11.8 Å². The Labute approximate surface area is 270 Å². The van der Waals surface area contributed by atoms with Gasteiger partial charge in [-0.15, -0.1) is 0 Å². The monoisotopic (exact) mass is 646 g/mol. The summed E-state index contributed by atoms with van der Waals surface area (Å²) in [6.45, 7) is 7.95. The number of benzene rings is 2. The Bertz CT molecular complexity index is 1660. The number of nitrogens with zero attached hydrogens (tertiary/aromatic N) is 2. The number of H-pyrrole nitrogens is 2. The molecular weight excluding hydrogens is 609 g/mol. The summed E-state index contributed by atoms with van der Waals surface area (Å²) in [5, 5.41) is 6.78. The van der Waals surface area contributed by atoms with E-state index in [9.17, 15) is 19.2 Å². The number of amides is 2. The number of carbonyl (C=O) groups excluding carboxylic acids is 2. The van der Waals surface area contributed by atoms with Crippen molar-refractivity contribution >= 4 is 46.7 Å². The largest absolute Gasteiger partial charge is 0.325 e. The molecule has 0 radical (unpaired) electrons. The van der Waals surface area contributed by atoms with Crippen LogP contribution in [0.25, 0.3) is 0 Å². The summed E-state index contributed by atoms with van der Waals surface area (Å²) in [7, 11) is 0. The van der Waals surface area contributed by atoms with Crippen LogP contribution < -0.4 is 21.8 Å². The second-order valence-electron chi connectivity index (χ2n) is 10.7. The number of nitrogens with one attached hydrogen (secondary N) is 4. The van der Waals surface area contributed by atoms with E-state index in [-0.39, 0.29) is 34.4 Å². The highest BCUT2D eigenvalue weighted by Crippen LogP contribution is 2.23. The smallest absolute Gasteiger partial charge is 0.251 e. The van der Waals surface area contributed by atoms with E-state index in [0.717, 1.165) is 57.9 Å². The molecule has 2 heterocycles. The van der Waals surface area contributed by atoms with Gasteiger partial charge < -0.3 is 20.6 Å². The van der Waals surface area contributed by atoms with Crippen molar-refractivity contribution in [3.63, 3.8) is 0 Å². The zero-order chi connectivity index (χ0) is 32.3. The van der Waals surface area contributed by atoms with Crippen molar-refractivity contribution in [3.8, 4) is 0 Å². The van der Waals surface area contributed by atoms with Gasteiger partial charge in [0, 0.05) is 34.9 Å². The van der Waals surface area contributed by atoms with Crippen molar-refractivity contribution in [1.29, 1.82) is 0 Å². The Morgan fingerprint density at radius 2 is 1.11 bits per heavy atom. The molecule has 0 fully saturated rings. The van der Waals surface area contributed by atoms with Crippen LogP contribution in [0.15, 0.2) is 68.4 Å². The van der Waals surface area contributed by atoms with Crippen LogP contribution in [0, 0.1) is 13.8 Å². The van der Waals surface area contributed by atoms with Crippen LogP contribution >= 0.6 is 23.5 Å². The van der Waals surface area contributed by atoms with Crippen LogP contribution in [0.4, 0.5) is 11.4 Å². The van der Waals surface area contributed by atoms with E-state index >= 15 is 0 Å². The number of hydrogen-bond donors (Lipinski definition) is 4. The molecule has 2 aromatic heterocycles. The van der Waals surface area contributed by atoms with Crippen LogP contribution in [0.3, 0.4) is 0 Å². The fraction of sp³-hybridized carbons (Fsp3) is 0.333. The highest BCUT2D eigenvalue weighted by Gasteiger charge is 2.11. The molecule has 4 N–H and O–H groups in total. The summed E-state index contributed by atoms with van der Waals surface area (Å²) in [5.74, 6) is -0.104. The molecule has 0 spiro atoms. The highest BCUT2D eigenvalue weighted by atomic mass is 32.2. The van der Waals surface area contributed by atoms with Crippen molar-refractivity contribution in [2.75, 3.05) is 22.1 Å². The molecule has 0 saturated carbocycles. The van der Waals surface area contributed by atoms with Gasteiger partial charge in [-0.1, -0.05) is 74.5 Å². The minimum absolute atomic E-state index is 0.128. The summed E-state index contributed by atoms with van der Waals surface area (Å²) in [5.41, 5.74) is 6.54. The summed E-state index contributed by atoms with van der Waals surface area (Å²) in [6.07, 6.45) is 3.89. The van der Waals surface area contributed by atoms with E-state index in [1.165, 1.54) is 35.7 Å². The van der Waals surface area contributed by atoms with Gasteiger partial charge in [-0.25, -0.2) is 9.97 Å². The minimum Gasteiger partial charge on any atom is -0.325 e. The molecule has 2 aromatic carbocycles. The Hall–Kier alpha value is -4.16.